The van der Waals surface area contributed by atoms with Crippen molar-refractivity contribution in [3.05, 3.63) is 11.8 Å². The summed E-state index contributed by atoms with van der Waals surface area (Å²) in [5.74, 6) is -0.385. The summed E-state index contributed by atoms with van der Waals surface area (Å²) in [5.41, 5.74) is 0.850. The molecule has 0 aromatic carbocycles. The maximum absolute atomic E-state index is 11.2. The van der Waals surface area contributed by atoms with Crippen LogP contribution < -0.4 is 4.74 Å². The summed E-state index contributed by atoms with van der Waals surface area (Å²) in [6, 6.07) is 1.69. The van der Waals surface area contributed by atoms with E-state index < -0.39 is 5.97 Å². The Morgan fingerprint density at radius 2 is 2.20 bits per heavy atom. The van der Waals surface area contributed by atoms with Crippen LogP contribution in [0, 0.1) is 0 Å². The highest BCUT2D eigenvalue weighted by molar-refractivity contribution is 5.94. The third-order valence-electron chi connectivity index (χ3n) is 1.86. The molecule has 0 aliphatic rings. The molecule has 0 amide bonds. The third kappa shape index (κ3) is 3.19. The first-order valence-electron chi connectivity index (χ1n) is 4.76. The lowest BCUT2D eigenvalue weighted by Crippen LogP contribution is -2.13. The van der Waals surface area contributed by atoms with Crippen LogP contribution in [0.5, 0.6) is 5.88 Å². The monoisotopic (exact) mass is 210 g/mol. The SMILES string of the molecule is CCc1cc(OC(=O)CC(C)=O)n(C)n1. The number of esters is 1. The van der Waals surface area contributed by atoms with E-state index in [-0.39, 0.29) is 12.2 Å². The summed E-state index contributed by atoms with van der Waals surface area (Å²) in [6.45, 7) is 3.31. The van der Waals surface area contributed by atoms with Crippen LogP contribution in [0.1, 0.15) is 26.0 Å². The standard InChI is InChI=1S/C10H14N2O3/c1-4-8-6-9(12(3)11-8)15-10(14)5-7(2)13/h6H,4-5H2,1-3H3. The average molecular weight is 210 g/mol. The lowest BCUT2D eigenvalue weighted by molar-refractivity contribution is -0.137. The first-order chi connectivity index (χ1) is 7.02. The second-order valence-electron chi connectivity index (χ2n) is 3.30. The number of hydrogen-bond donors (Lipinski definition) is 0. The quantitative estimate of drug-likeness (QED) is 0.546. The molecule has 0 aliphatic heterocycles. The molecular formula is C10H14N2O3. The Morgan fingerprint density at radius 1 is 1.53 bits per heavy atom. The number of nitrogens with zero attached hydrogens (tertiary/aromatic N) is 2. The van der Waals surface area contributed by atoms with Gasteiger partial charge in [-0.25, -0.2) is 4.68 Å². The molecule has 15 heavy (non-hydrogen) atoms. The first-order valence-corrected chi connectivity index (χ1v) is 4.76. The Morgan fingerprint density at radius 3 is 2.67 bits per heavy atom. The van der Waals surface area contributed by atoms with Gasteiger partial charge in [0.05, 0.1) is 5.69 Å². The number of carbonyl (C=O) groups is 2. The molecule has 0 atom stereocenters. The molecular weight excluding hydrogens is 196 g/mol. The van der Waals surface area contributed by atoms with Crippen molar-refractivity contribution in [3.8, 4) is 5.88 Å². The van der Waals surface area contributed by atoms with Gasteiger partial charge in [0.2, 0.25) is 5.88 Å². The van der Waals surface area contributed by atoms with E-state index in [2.05, 4.69) is 5.10 Å². The first kappa shape index (κ1) is 11.4. The zero-order valence-corrected chi connectivity index (χ0v) is 9.11. The zero-order valence-electron chi connectivity index (χ0n) is 9.11. The van der Waals surface area contributed by atoms with Gasteiger partial charge in [0.1, 0.15) is 12.2 Å². The lowest BCUT2D eigenvalue weighted by Gasteiger charge is -2.01. The van der Waals surface area contributed by atoms with Gasteiger partial charge in [0.25, 0.3) is 0 Å². The smallest absolute Gasteiger partial charge is 0.320 e. The fraction of sp³-hybridized carbons (Fsp3) is 0.500. The number of ketones is 1. The van der Waals surface area contributed by atoms with Gasteiger partial charge < -0.3 is 4.74 Å². The van der Waals surface area contributed by atoms with Crippen LogP contribution in [0.25, 0.3) is 0 Å². The highest BCUT2D eigenvalue weighted by Crippen LogP contribution is 2.12. The number of ether oxygens (including phenoxy) is 1. The van der Waals surface area contributed by atoms with E-state index in [1.165, 1.54) is 11.6 Å². The number of carbonyl (C=O) groups excluding carboxylic acids is 2. The lowest BCUT2D eigenvalue weighted by atomic mass is 10.3. The Hall–Kier alpha value is -1.65. The van der Waals surface area contributed by atoms with Crippen molar-refractivity contribution in [2.24, 2.45) is 7.05 Å². The predicted molar refractivity (Wildman–Crippen MR) is 53.5 cm³/mol. The van der Waals surface area contributed by atoms with Crippen molar-refractivity contribution in [1.29, 1.82) is 0 Å². The Labute approximate surface area is 88.0 Å². The molecule has 1 aromatic rings. The summed E-state index contributed by atoms with van der Waals surface area (Å²) in [6.07, 6.45) is 0.574. The van der Waals surface area contributed by atoms with Gasteiger partial charge in [0.15, 0.2) is 0 Å². The molecule has 1 aromatic heterocycles. The minimum absolute atomic E-state index is 0.202. The Balaban J connectivity index is 2.67. The highest BCUT2D eigenvalue weighted by atomic mass is 16.5. The summed E-state index contributed by atoms with van der Waals surface area (Å²) in [7, 11) is 1.69. The van der Waals surface area contributed by atoms with Crippen LogP contribution in [-0.4, -0.2) is 21.5 Å². The molecule has 0 spiro atoms. The normalized spacial score (nSPS) is 10.1. The average Bonchev–Trinajstić information content (AvgIpc) is 2.46. The fourth-order valence-electron chi connectivity index (χ4n) is 1.13. The van der Waals surface area contributed by atoms with E-state index in [1.54, 1.807) is 13.1 Å². The third-order valence-corrected chi connectivity index (χ3v) is 1.86. The van der Waals surface area contributed by atoms with Crippen LogP contribution in [0.3, 0.4) is 0 Å². The second kappa shape index (κ2) is 4.72. The van der Waals surface area contributed by atoms with E-state index in [0.717, 1.165) is 12.1 Å². The van der Waals surface area contributed by atoms with Crippen molar-refractivity contribution in [3.63, 3.8) is 0 Å². The molecule has 0 aliphatic carbocycles. The van der Waals surface area contributed by atoms with E-state index in [4.69, 9.17) is 4.74 Å². The van der Waals surface area contributed by atoms with Crippen molar-refractivity contribution in [2.75, 3.05) is 0 Å². The van der Waals surface area contributed by atoms with Crippen LogP contribution in [0.4, 0.5) is 0 Å². The molecule has 1 heterocycles. The van der Waals surface area contributed by atoms with Gasteiger partial charge in [-0.15, -0.1) is 0 Å². The van der Waals surface area contributed by atoms with Crippen LogP contribution >= 0.6 is 0 Å². The van der Waals surface area contributed by atoms with E-state index in [1.807, 2.05) is 6.92 Å². The van der Waals surface area contributed by atoms with Gasteiger partial charge in [-0.05, 0) is 13.3 Å². The van der Waals surface area contributed by atoms with Gasteiger partial charge in [-0.3, -0.25) is 9.59 Å². The molecule has 82 valence electrons. The molecule has 0 unspecified atom stereocenters. The maximum atomic E-state index is 11.2. The van der Waals surface area contributed by atoms with Crippen LogP contribution in [0.15, 0.2) is 6.07 Å². The number of rotatable bonds is 4. The number of aryl methyl sites for hydroxylation is 2. The van der Waals surface area contributed by atoms with Crippen molar-refractivity contribution in [1.82, 2.24) is 9.78 Å². The van der Waals surface area contributed by atoms with Crippen molar-refractivity contribution >= 4 is 11.8 Å². The number of aromatic nitrogens is 2. The van der Waals surface area contributed by atoms with E-state index >= 15 is 0 Å². The molecule has 0 bridgehead atoms. The highest BCUT2D eigenvalue weighted by Gasteiger charge is 2.11. The summed E-state index contributed by atoms with van der Waals surface area (Å²) < 4.78 is 6.46. The van der Waals surface area contributed by atoms with E-state index in [0.29, 0.717) is 5.88 Å². The summed E-state index contributed by atoms with van der Waals surface area (Å²) in [5, 5.41) is 4.12. The molecule has 0 radical (unpaired) electrons. The topological polar surface area (TPSA) is 61.2 Å². The van der Waals surface area contributed by atoms with Gasteiger partial charge >= 0.3 is 5.97 Å². The Bertz CT molecular complexity index is 382. The summed E-state index contributed by atoms with van der Waals surface area (Å²) in [4.78, 5) is 21.9. The van der Waals surface area contributed by atoms with Crippen molar-refractivity contribution in [2.45, 2.75) is 26.7 Å². The number of Topliss-reactive ketones (excluding diaryl/α,β-unsaturated/α-hetero) is 1. The molecule has 0 fully saturated rings. The zero-order chi connectivity index (χ0) is 11.4. The molecule has 1 rings (SSSR count). The van der Waals surface area contributed by atoms with Crippen molar-refractivity contribution < 1.29 is 14.3 Å². The largest absolute Gasteiger partial charge is 0.407 e. The van der Waals surface area contributed by atoms with Gasteiger partial charge in [0, 0.05) is 13.1 Å². The molecule has 5 nitrogen and oxygen atoms in total. The van der Waals surface area contributed by atoms with E-state index in [9.17, 15) is 9.59 Å². The van der Waals surface area contributed by atoms with Crippen LogP contribution in [0.2, 0.25) is 0 Å². The second-order valence-corrected chi connectivity index (χ2v) is 3.30. The van der Waals surface area contributed by atoms with Crippen LogP contribution in [-0.2, 0) is 23.1 Å². The van der Waals surface area contributed by atoms with Gasteiger partial charge in [-0.2, -0.15) is 5.10 Å². The predicted octanol–water partition coefficient (Wildman–Crippen LogP) is 0.867. The number of hydrogen-bond acceptors (Lipinski definition) is 4. The molecule has 5 heteroatoms. The molecule has 0 saturated heterocycles. The fourth-order valence-corrected chi connectivity index (χ4v) is 1.13. The maximum Gasteiger partial charge on any atom is 0.320 e. The summed E-state index contributed by atoms with van der Waals surface area (Å²) >= 11 is 0. The molecule has 0 saturated carbocycles. The minimum atomic E-state index is -0.548. The minimum Gasteiger partial charge on any atom is -0.407 e. The Kier molecular flexibility index (Phi) is 3.60. The molecule has 0 N–H and O–H groups in total. The van der Waals surface area contributed by atoms with Gasteiger partial charge in [-0.1, -0.05) is 6.92 Å².